The lowest BCUT2D eigenvalue weighted by Crippen LogP contribution is -2.54. The third-order valence-electron chi connectivity index (χ3n) is 3.04. The van der Waals surface area contributed by atoms with Gasteiger partial charge in [0.15, 0.2) is 0 Å². The van der Waals surface area contributed by atoms with E-state index in [9.17, 15) is 19.1 Å². The van der Waals surface area contributed by atoms with Crippen molar-refractivity contribution in [2.24, 2.45) is 0 Å². The summed E-state index contributed by atoms with van der Waals surface area (Å²) in [6.07, 6.45) is 0.312. The summed E-state index contributed by atoms with van der Waals surface area (Å²) < 4.78 is 13.4. The SMILES string of the molecule is O=C(N[C@@]1(C(=O)O)CCSC1)c1cc(F)c(Cl)cc1Cl. The highest BCUT2D eigenvalue weighted by molar-refractivity contribution is 7.99. The molecule has 8 heteroatoms. The second kappa shape index (κ2) is 5.79. The van der Waals surface area contributed by atoms with Crippen LogP contribution in [0.2, 0.25) is 10.0 Å². The molecule has 1 heterocycles. The van der Waals surface area contributed by atoms with Crippen molar-refractivity contribution in [3.8, 4) is 0 Å². The molecule has 20 heavy (non-hydrogen) atoms. The Morgan fingerprint density at radius 3 is 2.60 bits per heavy atom. The van der Waals surface area contributed by atoms with E-state index in [1.807, 2.05) is 0 Å². The molecule has 1 aromatic rings. The minimum atomic E-state index is -1.33. The fraction of sp³-hybridized carbons (Fsp3) is 0.333. The fourth-order valence-corrected chi connectivity index (χ4v) is 3.66. The lowest BCUT2D eigenvalue weighted by Gasteiger charge is -2.24. The van der Waals surface area contributed by atoms with Crippen molar-refractivity contribution >= 4 is 46.8 Å². The first-order chi connectivity index (χ1) is 9.35. The first kappa shape index (κ1) is 15.4. The predicted octanol–water partition coefficient (Wildman–Crippen LogP) is 2.82. The summed E-state index contributed by atoms with van der Waals surface area (Å²) in [5.41, 5.74) is -1.47. The zero-order chi connectivity index (χ0) is 14.9. The van der Waals surface area contributed by atoms with Gasteiger partial charge in [-0.2, -0.15) is 11.8 Å². The van der Waals surface area contributed by atoms with E-state index in [4.69, 9.17) is 23.2 Å². The Morgan fingerprint density at radius 2 is 2.05 bits per heavy atom. The predicted molar refractivity (Wildman–Crippen MR) is 76.2 cm³/mol. The highest BCUT2D eigenvalue weighted by Crippen LogP contribution is 2.30. The third kappa shape index (κ3) is 2.87. The average Bonchev–Trinajstić information content (AvgIpc) is 2.83. The van der Waals surface area contributed by atoms with Crippen molar-refractivity contribution in [1.29, 1.82) is 0 Å². The van der Waals surface area contributed by atoms with Gasteiger partial charge in [-0.15, -0.1) is 0 Å². The lowest BCUT2D eigenvalue weighted by molar-refractivity contribution is -0.143. The number of rotatable bonds is 3. The van der Waals surface area contributed by atoms with Gasteiger partial charge in [-0.1, -0.05) is 23.2 Å². The largest absolute Gasteiger partial charge is 0.479 e. The van der Waals surface area contributed by atoms with Gasteiger partial charge in [0.05, 0.1) is 15.6 Å². The van der Waals surface area contributed by atoms with Gasteiger partial charge in [0.25, 0.3) is 5.91 Å². The van der Waals surface area contributed by atoms with E-state index in [0.717, 1.165) is 12.1 Å². The quantitative estimate of drug-likeness (QED) is 0.832. The summed E-state index contributed by atoms with van der Waals surface area (Å²) in [5, 5.41) is 11.5. The lowest BCUT2D eigenvalue weighted by atomic mass is 9.98. The summed E-state index contributed by atoms with van der Waals surface area (Å²) in [4.78, 5) is 23.5. The molecule has 1 saturated heterocycles. The second-order valence-electron chi connectivity index (χ2n) is 4.39. The molecule has 1 aromatic carbocycles. The highest BCUT2D eigenvalue weighted by atomic mass is 35.5. The van der Waals surface area contributed by atoms with Gasteiger partial charge in [-0.3, -0.25) is 4.79 Å². The van der Waals surface area contributed by atoms with Crippen molar-refractivity contribution in [1.82, 2.24) is 5.32 Å². The molecule has 2 N–H and O–H groups in total. The van der Waals surface area contributed by atoms with Crippen LogP contribution in [0.5, 0.6) is 0 Å². The summed E-state index contributed by atoms with van der Waals surface area (Å²) in [6, 6.07) is 2.02. The maximum atomic E-state index is 13.4. The number of hydrogen-bond donors (Lipinski definition) is 2. The van der Waals surface area contributed by atoms with Crippen molar-refractivity contribution < 1.29 is 19.1 Å². The van der Waals surface area contributed by atoms with Crippen LogP contribution in [0.4, 0.5) is 4.39 Å². The molecule has 0 spiro atoms. The molecule has 1 amide bonds. The molecule has 0 saturated carbocycles. The number of benzene rings is 1. The van der Waals surface area contributed by atoms with Gasteiger partial charge in [-0.25, -0.2) is 9.18 Å². The van der Waals surface area contributed by atoms with Crippen LogP contribution < -0.4 is 5.32 Å². The molecule has 1 fully saturated rings. The minimum Gasteiger partial charge on any atom is -0.479 e. The van der Waals surface area contributed by atoms with Gasteiger partial charge in [-0.05, 0) is 24.3 Å². The number of aliphatic carboxylic acids is 1. The molecule has 1 aliphatic rings. The molecule has 108 valence electrons. The van der Waals surface area contributed by atoms with Crippen LogP contribution >= 0.6 is 35.0 Å². The van der Waals surface area contributed by atoms with Crippen LogP contribution in [0.3, 0.4) is 0 Å². The Labute approximate surface area is 128 Å². The molecular formula is C12H10Cl2FNO3S. The zero-order valence-corrected chi connectivity index (χ0v) is 12.4. The van der Waals surface area contributed by atoms with Crippen LogP contribution in [0.15, 0.2) is 12.1 Å². The van der Waals surface area contributed by atoms with Crippen LogP contribution in [-0.2, 0) is 4.79 Å². The molecule has 2 rings (SSSR count). The number of hydrogen-bond acceptors (Lipinski definition) is 3. The summed E-state index contributed by atoms with van der Waals surface area (Å²) >= 11 is 12.8. The third-order valence-corrected chi connectivity index (χ3v) is 4.83. The van der Waals surface area contributed by atoms with Gasteiger partial charge in [0.2, 0.25) is 0 Å². The monoisotopic (exact) mass is 337 g/mol. The van der Waals surface area contributed by atoms with Crippen LogP contribution in [0, 0.1) is 5.82 Å². The Bertz CT molecular complexity index is 576. The number of carbonyl (C=O) groups is 2. The highest BCUT2D eigenvalue weighted by Gasteiger charge is 2.43. The number of amides is 1. The number of thioether (sulfide) groups is 1. The smallest absolute Gasteiger partial charge is 0.330 e. The fourth-order valence-electron chi connectivity index (χ4n) is 1.87. The van der Waals surface area contributed by atoms with E-state index in [0.29, 0.717) is 12.2 Å². The molecular weight excluding hydrogens is 328 g/mol. The van der Waals surface area contributed by atoms with Crippen molar-refractivity contribution in [2.45, 2.75) is 12.0 Å². The first-order valence-corrected chi connectivity index (χ1v) is 7.55. The molecule has 0 aromatic heterocycles. The van der Waals surface area contributed by atoms with Crippen LogP contribution in [0.1, 0.15) is 16.8 Å². The zero-order valence-electron chi connectivity index (χ0n) is 10.1. The molecule has 0 unspecified atom stereocenters. The second-order valence-corrected chi connectivity index (χ2v) is 6.31. The number of carboxylic acid groups (broad SMARTS) is 1. The summed E-state index contributed by atoms with van der Waals surface area (Å²) in [5.74, 6) is -1.72. The van der Waals surface area contributed by atoms with E-state index in [1.54, 1.807) is 0 Å². The topological polar surface area (TPSA) is 66.4 Å². The molecule has 0 aliphatic carbocycles. The maximum absolute atomic E-state index is 13.4. The maximum Gasteiger partial charge on any atom is 0.330 e. The van der Waals surface area contributed by atoms with Crippen LogP contribution in [-0.4, -0.2) is 34.0 Å². The van der Waals surface area contributed by atoms with E-state index < -0.39 is 23.2 Å². The number of carbonyl (C=O) groups excluding carboxylic acids is 1. The Hall–Kier alpha value is -0.980. The summed E-state index contributed by atoms with van der Waals surface area (Å²) in [7, 11) is 0. The Balaban J connectivity index is 2.28. The first-order valence-electron chi connectivity index (χ1n) is 5.64. The Morgan fingerprint density at radius 1 is 1.35 bits per heavy atom. The molecule has 1 aliphatic heterocycles. The Kier molecular flexibility index (Phi) is 4.46. The van der Waals surface area contributed by atoms with Gasteiger partial charge in [0.1, 0.15) is 11.4 Å². The molecule has 0 bridgehead atoms. The minimum absolute atomic E-state index is 0.0277. The average molecular weight is 338 g/mol. The van der Waals surface area contributed by atoms with E-state index in [2.05, 4.69) is 5.32 Å². The van der Waals surface area contributed by atoms with Gasteiger partial charge in [0, 0.05) is 5.75 Å². The molecule has 0 radical (unpaired) electrons. The van der Waals surface area contributed by atoms with E-state index in [-0.39, 0.29) is 21.4 Å². The van der Waals surface area contributed by atoms with Crippen molar-refractivity contribution in [3.63, 3.8) is 0 Å². The van der Waals surface area contributed by atoms with Crippen LogP contribution in [0.25, 0.3) is 0 Å². The number of halogens is 3. The standard InChI is InChI=1S/C12H10Cl2FNO3S/c13-7-4-8(14)9(15)3-6(7)10(17)16-12(11(18)19)1-2-20-5-12/h3-4H,1-2,5H2,(H,16,17)(H,18,19)/t12-/m0/s1. The number of nitrogens with one attached hydrogen (secondary N) is 1. The van der Waals surface area contributed by atoms with E-state index >= 15 is 0 Å². The van der Waals surface area contributed by atoms with E-state index in [1.165, 1.54) is 11.8 Å². The summed E-state index contributed by atoms with van der Waals surface area (Å²) in [6.45, 7) is 0. The van der Waals surface area contributed by atoms with Gasteiger partial charge >= 0.3 is 5.97 Å². The van der Waals surface area contributed by atoms with Crippen molar-refractivity contribution in [2.75, 3.05) is 11.5 Å². The number of carboxylic acids is 1. The molecule has 4 nitrogen and oxygen atoms in total. The normalized spacial score (nSPS) is 21.8. The van der Waals surface area contributed by atoms with Crippen molar-refractivity contribution in [3.05, 3.63) is 33.6 Å². The van der Waals surface area contributed by atoms with Gasteiger partial charge < -0.3 is 10.4 Å². The molecule has 1 atom stereocenters.